The van der Waals surface area contributed by atoms with Gasteiger partial charge in [0.05, 0.1) is 13.2 Å². The molecule has 0 fully saturated rings. The van der Waals surface area contributed by atoms with Crippen LogP contribution in [0.15, 0.2) is 30.5 Å². The lowest BCUT2D eigenvalue weighted by Gasteiger charge is -2.23. The van der Waals surface area contributed by atoms with Gasteiger partial charge in [0, 0.05) is 31.0 Å². The van der Waals surface area contributed by atoms with Gasteiger partial charge in [-0.15, -0.1) is 0 Å². The summed E-state index contributed by atoms with van der Waals surface area (Å²) in [5.41, 5.74) is 1.27. The fraction of sp³-hybridized carbons (Fsp3) is 0.438. The van der Waals surface area contributed by atoms with Crippen molar-refractivity contribution in [2.75, 3.05) is 37.8 Å². The molecule has 0 atom stereocenters. The largest absolute Gasteiger partial charge is 0.411 e. The molecule has 136 valence electrons. The number of nitrogens with zero attached hydrogens (tertiary/aromatic N) is 4. The first-order valence-corrected chi connectivity index (χ1v) is 7.66. The summed E-state index contributed by atoms with van der Waals surface area (Å²) in [5, 5.41) is 9.22. The van der Waals surface area contributed by atoms with Gasteiger partial charge in [0.15, 0.2) is 5.82 Å². The van der Waals surface area contributed by atoms with Gasteiger partial charge in [0.2, 0.25) is 0 Å². The molecule has 0 radical (unpaired) electrons. The molecule has 1 N–H and O–H groups in total. The average molecular weight is 356 g/mol. The number of rotatable bonds is 8. The molecule has 2 heterocycles. The summed E-state index contributed by atoms with van der Waals surface area (Å²) in [5.74, 6) is 0.910. The zero-order valence-corrected chi connectivity index (χ0v) is 13.7. The molecule has 0 aliphatic heterocycles. The summed E-state index contributed by atoms with van der Waals surface area (Å²) in [7, 11) is 0. The Morgan fingerprint density at radius 1 is 1.20 bits per heavy atom. The minimum absolute atomic E-state index is 0.137. The first kappa shape index (κ1) is 19.1. The van der Waals surface area contributed by atoms with Crippen molar-refractivity contribution in [3.05, 3.63) is 36.2 Å². The van der Waals surface area contributed by atoms with Crippen LogP contribution in [-0.4, -0.2) is 59.1 Å². The zero-order valence-electron chi connectivity index (χ0n) is 13.7. The van der Waals surface area contributed by atoms with E-state index >= 15 is 0 Å². The van der Waals surface area contributed by atoms with Gasteiger partial charge in [-0.05, 0) is 19.1 Å². The molecule has 0 amide bonds. The molecule has 2 aromatic rings. The van der Waals surface area contributed by atoms with Crippen LogP contribution < -0.4 is 4.90 Å². The maximum absolute atomic E-state index is 12.1. The van der Waals surface area contributed by atoms with Crippen LogP contribution in [0, 0.1) is 6.92 Å². The van der Waals surface area contributed by atoms with Crippen molar-refractivity contribution >= 4 is 5.82 Å². The second kappa shape index (κ2) is 8.72. The predicted octanol–water partition coefficient (Wildman–Crippen LogP) is 2.22. The number of alkyl halides is 3. The van der Waals surface area contributed by atoms with E-state index < -0.39 is 12.8 Å². The fourth-order valence-corrected chi connectivity index (χ4v) is 2.15. The number of halogens is 3. The average Bonchev–Trinajstić information content (AvgIpc) is 2.57. The number of anilines is 1. The number of aryl methyl sites for hydroxylation is 1. The van der Waals surface area contributed by atoms with Crippen molar-refractivity contribution in [2.24, 2.45) is 0 Å². The molecule has 0 bridgehead atoms. The SMILES string of the molecule is Cc1cc(N(CCO)CCOCC(F)(F)F)nc(-c2ccccn2)n1. The highest BCUT2D eigenvalue weighted by Crippen LogP contribution is 2.19. The van der Waals surface area contributed by atoms with E-state index in [1.807, 2.05) is 6.07 Å². The van der Waals surface area contributed by atoms with Gasteiger partial charge in [-0.2, -0.15) is 13.2 Å². The van der Waals surface area contributed by atoms with E-state index in [-0.39, 0.29) is 26.3 Å². The van der Waals surface area contributed by atoms with Crippen molar-refractivity contribution < 1.29 is 23.0 Å². The van der Waals surface area contributed by atoms with Gasteiger partial charge in [0.1, 0.15) is 18.1 Å². The first-order chi connectivity index (χ1) is 11.9. The maximum atomic E-state index is 12.1. The molecule has 0 aliphatic carbocycles. The number of ether oxygens (including phenoxy) is 1. The van der Waals surface area contributed by atoms with E-state index in [1.54, 1.807) is 36.2 Å². The van der Waals surface area contributed by atoms with Crippen molar-refractivity contribution in [3.8, 4) is 11.5 Å². The molecule has 0 saturated carbocycles. The van der Waals surface area contributed by atoms with Gasteiger partial charge < -0.3 is 14.7 Å². The Kier molecular flexibility index (Phi) is 6.65. The third-order valence-corrected chi connectivity index (χ3v) is 3.20. The summed E-state index contributed by atoms with van der Waals surface area (Å²) < 4.78 is 41.1. The highest BCUT2D eigenvalue weighted by Gasteiger charge is 2.27. The van der Waals surface area contributed by atoms with Gasteiger partial charge in [-0.25, -0.2) is 9.97 Å². The highest BCUT2D eigenvalue weighted by atomic mass is 19.4. The van der Waals surface area contributed by atoms with E-state index in [1.165, 1.54) is 0 Å². The van der Waals surface area contributed by atoms with Crippen LogP contribution in [0.1, 0.15) is 5.69 Å². The van der Waals surface area contributed by atoms with E-state index in [4.69, 9.17) is 0 Å². The molecule has 0 unspecified atom stereocenters. The third-order valence-electron chi connectivity index (χ3n) is 3.20. The van der Waals surface area contributed by atoms with Gasteiger partial charge >= 0.3 is 6.18 Å². The molecule has 2 aromatic heterocycles. The number of aliphatic hydroxyl groups is 1. The minimum Gasteiger partial charge on any atom is -0.395 e. The van der Waals surface area contributed by atoms with Crippen LogP contribution in [0.5, 0.6) is 0 Å². The molecule has 0 aromatic carbocycles. The molecule has 0 spiro atoms. The molecule has 25 heavy (non-hydrogen) atoms. The molecular weight excluding hydrogens is 337 g/mol. The van der Waals surface area contributed by atoms with Crippen molar-refractivity contribution in [1.82, 2.24) is 15.0 Å². The monoisotopic (exact) mass is 356 g/mol. The second-order valence-corrected chi connectivity index (χ2v) is 5.28. The lowest BCUT2D eigenvalue weighted by molar-refractivity contribution is -0.173. The molecule has 6 nitrogen and oxygen atoms in total. The lowest BCUT2D eigenvalue weighted by atomic mass is 10.3. The van der Waals surface area contributed by atoms with Crippen LogP contribution in [-0.2, 0) is 4.74 Å². The van der Waals surface area contributed by atoms with E-state index in [2.05, 4.69) is 19.7 Å². The highest BCUT2D eigenvalue weighted by molar-refractivity contribution is 5.53. The number of hydrogen-bond acceptors (Lipinski definition) is 6. The summed E-state index contributed by atoms with van der Waals surface area (Å²) in [6.45, 7) is 0.557. The van der Waals surface area contributed by atoms with Crippen molar-refractivity contribution in [2.45, 2.75) is 13.1 Å². The second-order valence-electron chi connectivity index (χ2n) is 5.28. The topological polar surface area (TPSA) is 71.4 Å². The van der Waals surface area contributed by atoms with Gasteiger partial charge in [0.25, 0.3) is 0 Å². The fourth-order valence-electron chi connectivity index (χ4n) is 2.15. The molecule has 2 rings (SSSR count). The van der Waals surface area contributed by atoms with E-state index in [9.17, 15) is 18.3 Å². The summed E-state index contributed by atoms with van der Waals surface area (Å²) in [4.78, 5) is 14.6. The van der Waals surface area contributed by atoms with Crippen LogP contribution in [0.3, 0.4) is 0 Å². The molecule has 9 heteroatoms. The van der Waals surface area contributed by atoms with Crippen LogP contribution in [0.4, 0.5) is 19.0 Å². The quantitative estimate of drug-likeness (QED) is 0.732. The molecule has 0 aliphatic rings. The zero-order chi connectivity index (χ0) is 18.3. The maximum Gasteiger partial charge on any atom is 0.411 e. The predicted molar refractivity (Wildman–Crippen MR) is 86.2 cm³/mol. The summed E-state index contributed by atoms with van der Waals surface area (Å²) in [6.07, 6.45) is -2.74. The Morgan fingerprint density at radius 3 is 2.64 bits per heavy atom. The van der Waals surface area contributed by atoms with Crippen molar-refractivity contribution in [3.63, 3.8) is 0 Å². The number of aromatic nitrogens is 3. The normalized spacial score (nSPS) is 11.6. The minimum atomic E-state index is -4.36. The van der Waals surface area contributed by atoms with Crippen LogP contribution in [0.2, 0.25) is 0 Å². The Bertz CT molecular complexity index is 668. The van der Waals surface area contributed by atoms with Crippen molar-refractivity contribution in [1.29, 1.82) is 0 Å². The Morgan fingerprint density at radius 2 is 2.00 bits per heavy atom. The smallest absolute Gasteiger partial charge is 0.395 e. The first-order valence-electron chi connectivity index (χ1n) is 7.66. The third kappa shape index (κ3) is 6.28. The number of pyridine rings is 1. The Balaban J connectivity index is 2.13. The van der Waals surface area contributed by atoms with Gasteiger partial charge in [-0.1, -0.05) is 6.07 Å². The summed E-state index contributed by atoms with van der Waals surface area (Å²) in [6, 6.07) is 7.05. The van der Waals surface area contributed by atoms with Crippen LogP contribution in [0.25, 0.3) is 11.5 Å². The van der Waals surface area contributed by atoms with Crippen LogP contribution >= 0.6 is 0 Å². The Hall–Kier alpha value is -2.26. The summed E-state index contributed by atoms with van der Waals surface area (Å²) >= 11 is 0. The number of hydrogen-bond donors (Lipinski definition) is 1. The molecule has 0 saturated heterocycles. The van der Waals surface area contributed by atoms with E-state index in [0.717, 1.165) is 0 Å². The Labute approximate surface area is 143 Å². The van der Waals surface area contributed by atoms with E-state index in [0.29, 0.717) is 23.0 Å². The standard InChI is InChI=1S/C16H19F3N4O2/c1-12-10-14(22-15(21-12)13-4-2-3-5-20-13)23(6-8-24)7-9-25-11-16(17,18)19/h2-5,10,24H,6-9,11H2,1H3. The van der Waals surface area contributed by atoms with Gasteiger partial charge in [-0.3, -0.25) is 4.98 Å². The number of aliphatic hydroxyl groups excluding tert-OH is 1. The molecular formula is C16H19F3N4O2. The lowest BCUT2D eigenvalue weighted by Crippen LogP contribution is -2.32.